The smallest absolute Gasteiger partial charge is 0.0638 e. The monoisotopic (exact) mass is 390 g/mol. The molecule has 0 fully saturated rings. The second-order valence-electron chi connectivity index (χ2n) is 7.67. The number of hydrogen-bond acceptors (Lipinski definition) is 2. The maximum absolute atomic E-state index is 4.68. The molecule has 1 aliphatic rings. The van der Waals surface area contributed by atoms with Crippen LogP contribution < -0.4 is 0 Å². The molecule has 2 heteroatoms. The highest BCUT2D eigenvalue weighted by molar-refractivity contribution is 6.18. The molecular weight excluding hydrogens is 364 g/mol. The van der Waals surface area contributed by atoms with Crippen molar-refractivity contribution in [1.29, 1.82) is 0 Å². The highest BCUT2D eigenvalue weighted by Crippen LogP contribution is 2.18. The number of rotatable bonds is 5. The third-order valence-corrected chi connectivity index (χ3v) is 5.26. The molecule has 30 heavy (non-hydrogen) atoms. The maximum atomic E-state index is 4.68. The van der Waals surface area contributed by atoms with Crippen molar-refractivity contribution in [2.24, 2.45) is 9.98 Å². The Hall–Kier alpha value is -3.52. The lowest BCUT2D eigenvalue weighted by atomic mass is 10.00. The van der Waals surface area contributed by atoms with Crippen LogP contribution >= 0.6 is 0 Å². The minimum absolute atomic E-state index is 0.928. The fourth-order valence-electron chi connectivity index (χ4n) is 3.47. The lowest BCUT2D eigenvalue weighted by molar-refractivity contribution is 1.15. The van der Waals surface area contributed by atoms with E-state index in [1.165, 1.54) is 27.8 Å². The van der Waals surface area contributed by atoms with Crippen molar-refractivity contribution in [3.63, 3.8) is 0 Å². The number of allylic oxidation sites excluding steroid dienone is 4. The molecule has 0 saturated heterocycles. The van der Waals surface area contributed by atoms with Crippen LogP contribution in [-0.2, 0) is 12.8 Å². The van der Waals surface area contributed by atoms with E-state index >= 15 is 0 Å². The van der Waals surface area contributed by atoms with Gasteiger partial charge in [0.25, 0.3) is 0 Å². The van der Waals surface area contributed by atoms with Gasteiger partial charge in [-0.2, -0.15) is 0 Å². The van der Waals surface area contributed by atoms with Crippen LogP contribution in [0.2, 0.25) is 0 Å². The van der Waals surface area contributed by atoms with Gasteiger partial charge in [-0.15, -0.1) is 0 Å². The van der Waals surface area contributed by atoms with E-state index < -0.39 is 0 Å². The van der Waals surface area contributed by atoms with Crippen LogP contribution in [-0.4, -0.2) is 18.5 Å². The number of aliphatic imine (C=N–C) groups is 2. The molecule has 0 radical (unpaired) electrons. The highest BCUT2D eigenvalue weighted by Gasteiger charge is 2.02. The van der Waals surface area contributed by atoms with E-state index in [1.807, 2.05) is 24.3 Å². The van der Waals surface area contributed by atoms with Gasteiger partial charge < -0.3 is 0 Å². The van der Waals surface area contributed by atoms with Gasteiger partial charge in [0.1, 0.15) is 0 Å². The van der Waals surface area contributed by atoms with Crippen LogP contribution in [0, 0.1) is 6.92 Å². The van der Waals surface area contributed by atoms with Crippen LogP contribution in [0.1, 0.15) is 27.8 Å². The maximum Gasteiger partial charge on any atom is 0.0638 e. The average molecular weight is 391 g/mol. The van der Waals surface area contributed by atoms with E-state index in [2.05, 4.69) is 89.7 Å². The molecule has 3 aromatic rings. The lowest BCUT2D eigenvalue weighted by Gasteiger charge is -2.06. The number of aryl methyl sites for hydroxylation is 1. The van der Waals surface area contributed by atoms with Gasteiger partial charge >= 0.3 is 0 Å². The normalized spacial score (nSPS) is 12.9. The van der Waals surface area contributed by atoms with E-state index in [-0.39, 0.29) is 0 Å². The molecule has 3 aromatic carbocycles. The van der Waals surface area contributed by atoms with Crippen molar-refractivity contribution in [1.82, 2.24) is 0 Å². The van der Waals surface area contributed by atoms with Crippen molar-refractivity contribution >= 4 is 17.1 Å². The van der Waals surface area contributed by atoms with Gasteiger partial charge in [-0.1, -0.05) is 66.2 Å². The Balaban J connectivity index is 1.37. The predicted molar refractivity (Wildman–Crippen MR) is 128 cm³/mol. The summed E-state index contributed by atoms with van der Waals surface area (Å²) in [5.74, 6) is 0. The largest absolute Gasteiger partial charge is 0.289 e. The number of nitrogens with zero attached hydrogens (tertiary/aromatic N) is 2. The molecule has 0 N–H and O–H groups in total. The first-order valence-electron chi connectivity index (χ1n) is 10.3. The standard InChI is InChI=1S/C28H26N2/c1-21-3-5-22(6-4-21)19-23-7-9-24(10-8-23)20-25-11-13-27(14-12-25)30-28-17-15-26(29-2)16-18-28/h3-18H,19-20H2,1-2H3. The Morgan fingerprint density at radius 3 is 1.40 bits per heavy atom. The molecule has 2 nitrogen and oxygen atoms in total. The fourth-order valence-corrected chi connectivity index (χ4v) is 3.47. The van der Waals surface area contributed by atoms with Gasteiger partial charge in [0, 0.05) is 7.05 Å². The molecule has 1 aliphatic carbocycles. The quantitative estimate of drug-likeness (QED) is 0.448. The van der Waals surface area contributed by atoms with Crippen molar-refractivity contribution in [2.75, 3.05) is 7.05 Å². The molecule has 0 saturated carbocycles. The third kappa shape index (κ3) is 5.30. The highest BCUT2D eigenvalue weighted by atomic mass is 14.7. The number of benzene rings is 3. The molecule has 0 bridgehead atoms. The van der Waals surface area contributed by atoms with Gasteiger partial charge in [0.15, 0.2) is 0 Å². The Bertz CT molecular complexity index is 1090. The fraction of sp³-hybridized carbons (Fsp3) is 0.143. The average Bonchev–Trinajstić information content (AvgIpc) is 2.78. The molecule has 0 heterocycles. The third-order valence-electron chi connectivity index (χ3n) is 5.26. The molecule has 0 aliphatic heterocycles. The van der Waals surface area contributed by atoms with Crippen LogP contribution in [0.3, 0.4) is 0 Å². The Kier molecular flexibility index (Phi) is 6.14. The van der Waals surface area contributed by atoms with Crippen molar-refractivity contribution in [3.05, 3.63) is 125 Å². The summed E-state index contributed by atoms with van der Waals surface area (Å²) >= 11 is 0. The first-order chi connectivity index (χ1) is 14.7. The molecule has 0 amide bonds. The second kappa shape index (κ2) is 9.32. The van der Waals surface area contributed by atoms with Gasteiger partial charge in [-0.05, 0) is 78.5 Å². The molecule has 4 rings (SSSR count). The molecule has 0 unspecified atom stereocenters. The topological polar surface area (TPSA) is 24.7 Å². The second-order valence-corrected chi connectivity index (χ2v) is 7.67. The lowest BCUT2D eigenvalue weighted by Crippen LogP contribution is -1.99. The van der Waals surface area contributed by atoms with Crippen LogP contribution in [0.5, 0.6) is 0 Å². The summed E-state index contributed by atoms with van der Waals surface area (Å²) in [5.41, 5.74) is 9.50. The van der Waals surface area contributed by atoms with E-state index in [4.69, 9.17) is 0 Å². The Labute approximate surface area is 179 Å². The first kappa shape index (κ1) is 19.8. The van der Waals surface area contributed by atoms with Gasteiger partial charge in [0.2, 0.25) is 0 Å². The molecule has 0 atom stereocenters. The van der Waals surface area contributed by atoms with Crippen LogP contribution in [0.4, 0.5) is 5.69 Å². The molecule has 148 valence electrons. The number of hydrogen-bond donors (Lipinski definition) is 0. The summed E-state index contributed by atoms with van der Waals surface area (Å²) in [6.07, 6.45) is 9.86. The first-order valence-corrected chi connectivity index (χ1v) is 10.3. The van der Waals surface area contributed by atoms with Crippen LogP contribution in [0.25, 0.3) is 0 Å². The van der Waals surface area contributed by atoms with E-state index in [0.717, 1.165) is 30.0 Å². The van der Waals surface area contributed by atoms with Gasteiger partial charge in [-0.25, -0.2) is 4.99 Å². The zero-order valence-electron chi connectivity index (χ0n) is 17.5. The summed E-state index contributed by atoms with van der Waals surface area (Å²) in [6, 6.07) is 26.2. The summed E-state index contributed by atoms with van der Waals surface area (Å²) in [6.45, 7) is 2.12. The summed E-state index contributed by atoms with van der Waals surface area (Å²) in [4.78, 5) is 8.84. The van der Waals surface area contributed by atoms with E-state index in [9.17, 15) is 0 Å². The Morgan fingerprint density at radius 2 is 0.933 bits per heavy atom. The van der Waals surface area contributed by atoms with Crippen molar-refractivity contribution in [3.8, 4) is 0 Å². The molecular formula is C28H26N2. The minimum Gasteiger partial charge on any atom is -0.289 e. The van der Waals surface area contributed by atoms with Crippen molar-refractivity contribution < 1.29 is 0 Å². The molecule has 0 aromatic heterocycles. The summed E-state index contributed by atoms with van der Waals surface area (Å²) in [5, 5.41) is 0. The van der Waals surface area contributed by atoms with E-state index in [1.54, 1.807) is 7.05 Å². The minimum atomic E-state index is 0.928. The zero-order valence-corrected chi connectivity index (χ0v) is 17.5. The van der Waals surface area contributed by atoms with Crippen molar-refractivity contribution in [2.45, 2.75) is 19.8 Å². The van der Waals surface area contributed by atoms with Gasteiger partial charge in [-0.3, -0.25) is 4.99 Å². The van der Waals surface area contributed by atoms with E-state index in [0.29, 0.717) is 0 Å². The summed E-state index contributed by atoms with van der Waals surface area (Å²) < 4.78 is 0. The SMILES string of the molecule is CN=C1C=CC(=Nc2ccc(Cc3ccc(Cc4ccc(C)cc4)cc3)cc2)C=C1. The predicted octanol–water partition coefficient (Wildman–Crippen LogP) is 6.45. The zero-order chi connectivity index (χ0) is 20.8. The van der Waals surface area contributed by atoms with Crippen LogP contribution in [0.15, 0.2) is 107 Å². The molecule has 0 spiro atoms. The van der Waals surface area contributed by atoms with Gasteiger partial charge in [0.05, 0.1) is 17.1 Å². The Morgan fingerprint density at radius 1 is 0.533 bits per heavy atom. The summed E-state index contributed by atoms with van der Waals surface area (Å²) in [7, 11) is 1.79.